The summed E-state index contributed by atoms with van der Waals surface area (Å²) in [7, 11) is 0. The van der Waals surface area contributed by atoms with E-state index in [1.54, 1.807) is 0 Å². The summed E-state index contributed by atoms with van der Waals surface area (Å²) in [6.45, 7) is 9.31. The Morgan fingerprint density at radius 2 is 1.88 bits per heavy atom. The smallest absolute Gasteiger partial charge is 0.317 e. The van der Waals surface area contributed by atoms with Crippen molar-refractivity contribution in [1.29, 1.82) is 0 Å². The number of ether oxygens (including phenoxy) is 1. The number of nitrogens with zero attached hydrogens (tertiary/aromatic N) is 4. The van der Waals surface area contributed by atoms with Gasteiger partial charge in [0.2, 0.25) is 0 Å². The molecule has 2 fully saturated rings. The average molecular weight is 333 g/mol. The molecule has 2 saturated heterocycles. The summed E-state index contributed by atoms with van der Waals surface area (Å²) in [5, 5.41) is 3.04. The number of nitrogens with one attached hydrogen (secondary N) is 1. The van der Waals surface area contributed by atoms with Gasteiger partial charge in [0, 0.05) is 65.1 Å². The summed E-state index contributed by atoms with van der Waals surface area (Å²) in [5.74, 6) is 0. The number of hydrogen-bond acceptors (Lipinski definition) is 5. The fraction of sp³-hybridized carbons (Fsp3) is 0.647. The molecule has 3 rings (SSSR count). The fourth-order valence-electron chi connectivity index (χ4n) is 3.09. The molecule has 2 aliphatic heterocycles. The Kier molecular flexibility index (Phi) is 6.40. The number of piperazine rings is 1. The van der Waals surface area contributed by atoms with Crippen molar-refractivity contribution in [3.8, 4) is 0 Å². The van der Waals surface area contributed by atoms with E-state index in [2.05, 4.69) is 20.1 Å². The summed E-state index contributed by atoms with van der Waals surface area (Å²) >= 11 is 0. The first-order valence-electron chi connectivity index (χ1n) is 8.76. The molecule has 1 aromatic rings. The molecule has 24 heavy (non-hydrogen) atoms. The molecule has 2 amide bonds. The minimum Gasteiger partial charge on any atom is -0.379 e. The third-order valence-electron chi connectivity index (χ3n) is 4.58. The van der Waals surface area contributed by atoms with Crippen molar-refractivity contribution >= 4 is 6.03 Å². The van der Waals surface area contributed by atoms with Crippen LogP contribution in [0.3, 0.4) is 0 Å². The van der Waals surface area contributed by atoms with Gasteiger partial charge in [0.05, 0.1) is 18.9 Å². The van der Waals surface area contributed by atoms with Gasteiger partial charge in [-0.25, -0.2) is 4.79 Å². The quantitative estimate of drug-likeness (QED) is 0.836. The normalized spacial score (nSPS) is 20.1. The average Bonchev–Trinajstić information content (AvgIpc) is 2.64. The van der Waals surface area contributed by atoms with Gasteiger partial charge in [0.25, 0.3) is 0 Å². The summed E-state index contributed by atoms with van der Waals surface area (Å²) in [5.41, 5.74) is 1.08. The van der Waals surface area contributed by atoms with Crippen molar-refractivity contribution in [3.05, 3.63) is 30.1 Å². The van der Waals surface area contributed by atoms with Crippen LogP contribution in [0, 0.1) is 0 Å². The van der Waals surface area contributed by atoms with Gasteiger partial charge in [-0.2, -0.15) is 0 Å². The van der Waals surface area contributed by atoms with Crippen LogP contribution in [-0.2, 0) is 11.3 Å². The van der Waals surface area contributed by atoms with E-state index in [4.69, 9.17) is 4.74 Å². The van der Waals surface area contributed by atoms with Crippen molar-refractivity contribution in [2.45, 2.75) is 6.54 Å². The number of urea groups is 1. The second-order valence-electron chi connectivity index (χ2n) is 6.27. The molecule has 0 unspecified atom stereocenters. The Hall–Kier alpha value is -1.70. The molecule has 3 heterocycles. The molecule has 0 aromatic carbocycles. The maximum atomic E-state index is 12.2. The first kappa shape index (κ1) is 17.1. The molecule has 7 nitrogen and oxygen atoms in total. The number of amides is 2. The molecule has 0 bridgehead atoms. The Balaban J connectivity index is 1.32. The summed E-state index contributed by atoms with van der Waals surface area (Å²) in [6, 6.07) is 6.05. The molecule has 0 atom stereocenters. The highest BCUT2D eigenvalue weighted by Gasteiger charge is 2.21. The Morgan fingerprint density at radius 3 is 2.58 bits per heavy atom. The van der Waals surface area contributed by atoms with Gasteiger partial charge < -0.3 is 15.0 Å². The Labute approximate surface area is 143 Å². The zero-order chi connectivity index (χ0) is 16.6. The molecule has 1 aromatic heterocycles. The SMILES string of the molecule is O=C(NCCN1CCOCC1)N1CCN(Cc2ccccn2)CC1. The summed E-state index contributed by atoms with van der Waals surface area (Å²) in [6.07, 6.45) is 1.83. The van der Waals surface area contributed by atoms with Gasteiger partial charge in [0.1, 0.15) is 0 Å². The van der Waals surface area contributed by atoms with Gasteiger partial charge in [-0.15, -0.1) is 0 Å². The molecular weight excluding hydrogens is 306 g/mol. The zero-order valence-electron chi connectivity index (χ0n) is 14.2. The molecular formula is C17H27N5O2. The third kappa shape index (κ3) is 5.15. The number of hydrogen-bond donors (Lipinski definition) is 1. The number of rotatable bonds is 5. The lowest BCUT2D eigenvalue weighted by molar-refractivity contribution is 0.0385. The zero-order valence-corrected chi connectivity index (χ0v) is 14.2. The maximum Gasteiger partial charge on any atom is 0.317 e. The van der Waals surface area contributed by atoms with Crippen LogP contribution < -0.4 is 5.32 Å². The van der Waals surface area contributed by atoms with Crippen molar-refractivity contribution in [2.24, 2.45) is 0 Å². The highest BCUT2D eigenvalue weighted by molar-refractivity contribution is 5.74. The molecule has 0 spiro atoms. The van der Waals surface area contributed by atoms with E-state index in [1.165, 1.54) is 0 Å². The summed E-state index contributed by atoms with van der Waals surface area (Å²) in [4.78, 5) is 23.2. The number of carbonyl (C=O) groups is 1. The highest BCUT2D eigenvalue weighted by atomic mass is 16.5. The van der Waals surface area contributed by atoms with Gasteiger partial charge in [-0.05, 0) is 12.1 Å². The number of pyridine rings is 1. The van der Waals surface area contributed by atoms with Crippen LogP contribution in [0.15, 0.2) is 24.4 Å². The van der Waals surface area contributed by atoms with Crippen LogP contribution in [0.5, 0.6) is 0 Å². The van der Waals surface area contributed by atoms with Crippen LogP contribution in [0.2, 0.25) is 0 Å². The van der Waals surface area contributed by atoms with Gasteiger partial charge in [-0.3, -0.25) is 14.8 Å². The number of morpholine rings is 1. The Morgan fingerprint density at radius 1 is 1.08 bits per heavy atom. The van der Waals surface area contributed by atoms with Crippen molar-refractivity contribution in [3.63, 3.8) is 0 Å². The van der Waals surface area contributed by atoms with Crippen LogP contribution in [0.1, 0.15) is 5.69 Å². The predicted octanol–water partition coefficient (Wildman–Crippen LogP) is 0.241. The lowest BCUT2D eigenvalue weighted by atomic mass is 10.3. The van der Waals surface area contributed by atoms with Crippen LogP contribution in [0.25, 0.3) is 0 Å². The summed E-state index contributed by atoms with van der Waals surface area (Å²) < 4.78 is 5.33. The monoisotopic (exact) mass is 333 g/mol. The van der Waals surface area contributed by atoms with E-state index < -0.39 is 0 Å². The third-order valence-corrected chi connectivity index (χ3v) is 4.58. The second-order valence-corrected chi connectivity index (χ2v) is 6.27. The van der Waals surface area contributed by atoms with E-state index in [0.29, 0.717) is 6.54 Å². The van der Waals surface area contributed by atoms with Crippen LogP contribution in [0.4, 0.5) is 4.79 Å². The molecule has 0 radical (unpaired) electrons. The molecule has 7 heteroatoms. The number of carbonyl (C=O) groups excluding carboxylic acids is 1. The largest absolute Gasteiger partial charge is 0.379 e. The predicted molar refractivity (Wildman–Crippen MR) is 91.7 cm³/mol. The molecule has 1 N–H and O–H groups in total. The minimum atomic E-state index is 0.0562. The van der Waals surface area contributed by atoms with Crippen molar-refractivity contribution in [2.75, 3.05) is 65.6 Å². The van der Waals surface area contributed by atoms with Gasteiger partial charge >= 0.3 is 6.03 Å². The Bertz CT molecular complexity index is 499. The van der Waals surface area contributed by atoms with Gasteiger partial charge in [-0.1, -0.05) is 6.07 Å². The number of aromatic nitrogens is 1. The van der Waals surface area contributed by atoms with E-state index in [-0.39, 0.29) is 6.03 Å². The fourth-order valence-corrected chi connectivity index (χ4v) is 3.09. The minimum absolute atomic E-state index is 0.0562. The second kappa shape index (κ2) is 8.96. The molecule has 0 saturated carbocycles. The van der Waals surface area contributed by atoms with Crippen molar-refractivity contribution < 1.29 is 9.53 Å². The molecule has 0 aliphatic carbocycles. The standard InChI is InChI=1S/C17H27N5O2/c23-17(19-5-6-20-11-13-24-14-12-20)22-9-7-21(8-10-22)15-16-3-1-2-4-18-16/h1-4H,5-15H2,(H,19,23). The van der Waals surface area contributed by atoms with Crippen LogP contribution in [-0.4, -0.2) is 91.3 Å². The van der Waals surface area contributed by atoms with Gasteiger partial charge in [0.15, 0.2) is 0 Å². The first-order chi connectivity index (χ1) is 11.8. The lowest BCUT2D eigenvalue weighted by Gasteiger charge is -2.34. The van der Waals surface area contributed by atoms with E-state index >= 15 is 0 Å². The van der Waals surface area contributed by atoms with Crippen molar-refractivity contribution in [1.82, 2.24) is 25.0 Å². The molecule has 132 valence electrons. The lowest BCUT2D eigenvalue weighted by Crippen LogP contribution is -2.52. The highest BCUT2D eigenvalue weighted by Crippen LogP contribution is 2.06. The topological polar surface area (TPSA) is 60.9 Å². The van der Waals surface area contributed by atoms with Crippen LogP contribution >= 0.6 is 0 Å². The first-order valence-corrected chi connectivity index (χ1v) is 8.76. The van der Waals surface area contributed by atoms with E-state index in [1.807, 2.05) is 29.3 Å². The molecule has 2 aliphatic rings. The van der Waals surface area contributed by atoms with E-state index in [0.717, 1.165) is 71.3 Å². The maximum absolute atomic E-state index is 12.2. The van der Waals surface area contributed by atoms with E-state index in [9.17, 15) is 4.79 Å².